The molecule has 0 aliphatic carbocycles. The minimum atomic E-state index is 0.0766. The van der Waals surface area contributed by atoms with Crippen LogP contribution in [0.4, 0.5) is 11.9 Å². The standard InChI is InChI=1S/C16H24N6/c1-12(14-18-15(17)20-16(19-14)21(2)3)22(4)11-10-13-8-6-5-7-9-13/h5-9,12H,10-11H2,1-4H3,(H2,17,18,19,20). The van der Waals surface area contributed by atoms with E-state index < -0.39 is 0 Å². The Morgan fingerprint density at radius 1 is 1.05 bits per heavy atom. The summed E-state index contributed by atoms with van der Waals surface area (Å²) >= 11 is 0. The molecule has 0 saturated carbocycles. The summed E-state index contributed by atoms with van der Waals surface area (Å²) in [6.45, 7) is 3.01. The van der Waals surface area contributed by atoms with Gasteiger partial charge in [0.25, 0.3) is 0 Å². The summed E-state index contributed by atoms with van der Waals surface area (Å²) in [6.07, 6.45) is 0.989. The van der Waals surface area contributed by atoms with Gasteiger partial charge >= 0.3 is 0 Å². The number of benzene rings is 1. The minimum absolute atomic E-state index is 0.0766. The number of anilines is 2. The smallest absolute Gasteiger partial charge is 0.229 e. The van der Waals surface area contributed by atoms with Crippen LogP contribution in [-0.4, -0.2) is 47.5 Å². The van der Waals surface area contributed by atoms with Crippen LogP contribution in [0.2, 0.25) is 0 Å². The molecule has 1 unspecified atom stereocenters. The van der Waals surface area contributed by atoms with Gasteiger partial charge in [0.15, 0.2) is 5.82 Å². The second-order valence-corrected chi connectivity index (χ2v) is 5.64. The number of likely N-dealkylation sites (N-methyl/N-ethyl adjacent to an activating group) is 1. The van der Waals surface area contributed by atoms with Gasteiger partial charge in [-0.2, -0.15) is 15.0 Å². The van der Waals surface area contributed by atoms with Crippen molar-refractivity contribution in [2.45, 2.75) is 19.4 Å². The van der Waals surface area contributed by atoms with Crippen molar-refractivity contribution in [3.63, 3.8) is 0 Å². The fourth-order valence-electron chi connectivity index (χ4n) is 2.13. The van der Waals surface area contributed by atoms with Gasteiger partial charge in [0.05, 0.1) is 6.04 Å². The highest BCUT2D eigenvalue weighted by Crippen LogP contribution is 2.18. The van der Waals surface area contributed by atoms with E-state index in [-0.39, 0.29) is 12.0 Å². The van der Waals surface area contributed by atoms with Crippen molar-refractivity contribution in [2.24, 2.45) is 0 Å². The molecule has 1 heterocycles. The molecular formula is C16H24N6. The first-order chi connectivity index (χ1) is 10.5. The molecule has 0 saturated heterocycles. The molecule has 0 amide bonds. The molecule has 2 aromatic rings. The number of hydrogen-bond acceptors (Lipinski definition) is 6. The average Bonchev–Trinajstić information content (AvgIpc) is 2.52. The Morgan fingerprint density at radius 3 is 2.36 bits per heavy atom. The molecule has 22 heavy (non-hydrogen) atoms. The summed E-state index contributed by atoms with van der Waals surface area (Å²) in [4.78, 5) is 17.0. The summed E-state index contributed by atoms with van der Waals surface area (Å²) in [7, 11) is 5.85. The predicted octanol–water partition coefficient (Wildman–Crippen LogP) is 1.76. The van der Waals surface area contributed by atoms with E-state index in [0.29, 0.717) is 11.8 Å². The van der Waals surface area contributed by atoms with Crippen molar-refractivity contribution in [3.05, 3.63) is 41.7 Å². The molecular weight excluding hydrogens is 276 g/mol. The quantitative estimate of drug-likeness (QED) is 0.876. The fourth-order valence-corrected chi connectivity index (χ4v) is 2.13. The highest BCUT2D eigenvalue weighted by molar-refractivity contribution is 5.33. The highest BCUT2D eigenvalue weighted by atomic mass is 15.3. The third kappa shape index (κ3) is 4.14. The maximum absolute atomic E-state index is 5.79. The van der Waals surface area contributed by atoms with Crippen molar-refractivity contribution in [1.82, 2.24) is 19.9 Å². The summed E-state index contributed by atoms with van der Waals surface area (Å²) in [5.74, 6) is 1.55. The van der Waals surface area contributed by atoms with Crippen molar-refractivity contribution in [2.75, 3.05) is 38.3 Å². The largest absolute Gasteiger partial charge is 0.368 e. The monoisotopic (exact) mass is 300 g/mol. The van der Waals surface area contributed by atoms with E-state index >= 15 is 0 Å². The number of nitrogen functional groups attached to an aromatic ring is 1. The van der Waals surface area contributed by atoms with Gasteiger partial charge in [-0.15, -0.1) is 0 Å². The van der Waals surface area contributed by atoms with E-state index in [1.165, 1.54) is 5.56 Å². The Labute approximate surface area is 132 Å². The second kappa shape index (κ2) is 7.17. The molecule has 6 heteroatoms. The molecule has 6 nitrogen and oxygen atoms in total. The molecule has 0 aliphatic rings. The van der Waals surface area contributed by atoms with Gasteiger partial charge in [0.2, 0.25) is 11.9 Å². The van der Waals surface area contributed by atoms with Crippen LogP contribution in [0.15, 0.2) is 30.3 Å². The molecule has 0 fully saturated rings. The van der Waals surface area contributed by atoms with Gasteiger partial charge in [-0.1, -0.05) is 30.3 Å². The van der Waals surface area contributed by atoms with Crippen LogP contribution in [-0.2, 0) is 6.42 Å². The lowest BCUT2D eigenvalue weighted by molar-refractivity contribution is 0.255. The molecule has 0 spiro atoms. The SMILES string of the molecule is CC(c1nc(N)nc(N(C)C)n1)N(C)CCc1ccccc1. The Balaban J connectivity index is 2.05. The molecule has 2 rings (SSSR count). The maximum atomic E-state index is 5.79. The predicted molar refractivity (Wildman–Crippen MR) is 89.8 cm³/mol. The van der Waals surface area contributed by atoms with Gasteiger partial charge in [0.1, 0.15) is 0 Å². The number of aromatic nitrogens is 3. The molecule has 2 N–H and O–H groups in total. The van der Waals surface area contributed by atoms with E-state index in [1.54, 1.807) is 0 Å². The molecule has 1 aromatic heterocycles. The van der Waals surface area contributed by atoms with Crippen molar-refractivity contribution in [1.29, 1.82) is 0 Å². The highest BCUT2D eigenvalue weighted by Gasteiger charge is 2.17. The summed E-state index contributed by atoms with van der Waals surface area (Å²) in [5.41, 5.74) is 7.12. The van der Waals surface area contributed by atoms with E-state index in [9.17, 15) is 0 Å². The van der Waals surface area contributed by atoms with Crippen LogP contribution in [0.25, 0.3) is 0 Å². The van der Waals surface area contributed by atoms with Crippen LogP contribution in [0.3, 0.4) is 0 Å². The average molecular weight is 300 g/mol. The maximum Gasteiger partial charge on any atom is 0.229 e. The van der Waals surface area contributed by atoms with Crippen LogP contribution in [0, 0.1) is 0 Å². The Hall–Kier alpha value is -2.21. The zero-order chi connectivity index (χ0) is 16.1. The summed E-state index contributed by atoms with van der Waals surface area (Å²) < 4.78 is 0. The zero-order valence-electron chi connectivity index (χ0n) is 13.7. The lowest BCUT2D eigenvalue weighted by Crippen LogP contribution is -2.27. The Morgan fingerprint density at radius 2 is 1.73 bits per heavy atom. The normalized spacial score (nSPS) is 12.4. The molecule has 118 valence electrons. The Bertz CT molecular complexity index is 599. The zero-order valence-corrected chi connectivity index (χ0v) is 13.7. The van der Waals surface area contributed by atoms with Crippen molar-refractivity contribution in [3.8, 4) is 0 Å². The van der Waals surface area contributed by atoms with E-state index in [1.807, 2.05) is 25.1 Å². The second-order valence-electron chi connectivity index (χ2n) is 5.64. The minimum Gasteiger partial charge on any atom is -0.368 e. The van der Waals surface area contributed by atoms with E-state index in [2.05, 4.69) is 58.1 Å². The molecule has 0 radical (unpaired) electrons. The first kappa shape index (κ1) is 16.2. The first-order valence-corrected chi connectivity index (χ1v) is 7.40. The number of rotatable bonds is 6. The first-order valence-electron chi connectivity index (χ1n) is 7.40. The third-order valence-electron chi connectivity index (χ3n) is 3.69. The van der Waals surface area contributed by atoms with E-state index in [0.717, 1.165) is 13.0 Å². The molecule has 1 atom stereocenters. The number of nitrogens with zero attached hydrogens (tertiary/aromatic N) is 5. The Kier molecular flexibility index (Phi) is 5.27. The number of nitrogens with two attached hydrogens (primary N) is 1. The third-order valence-corrected chi connectivity index (χ3v) is 3.69. The van der Waals surface area contributed by atoms with Gasteiger partial charge in [-0.25, -0.2) is 0 Å². The summed E-state index contributed by atoms with van der Waals surface area (Å²) in [6, 6.07) is 10.5. The van der Waals surface area contributed by atoms with Crippen LogP contribution >= 0.6 is 0 Å². The van der Waals surface area contributed by atoms with Gasteiger partial charge < -0.3 is 10.6 Å². The van der Waals surface area contributed by atoms with Gasteiger partial charge in [-0.05, 0) is 26.0 Å². The summed E-state index contributed by atoms with van der Waals surface area (Å²) in [5, 5.41) is 0. The van der Waals surface area contributed by atoms with Crippen LogP contribution < -0.4 is 10.6 Å². The van der Waals surface area contributed by atoms with Crippen LogP contribution in [0.5, 0.6) is 0 Å². The molecule has 0 bridgehead atoms. The number of hydrogen-bond donors (Lipinski definition) is 1. The lowest BCUT2D eigenvalue weighted by atomic mass is 10.1. The van der Waals surface area contributed by atoms with Crippen molar-refractivity contribution >= 4 is 11.9 Å². The van der Waals surface area contributed by atoms with Gasteiger partial charge in [0, 0.05) is 20.6 Å². The van der Waals surface area contributed by atoms with Gasteiger partial charge in [-0.3, -0.25) is 4.90 Å². The van der Waals surface area contributed by atoms with E-state index in [4.69, 9.17) is 5.73 Å². The van der Waals surface area contributed by atoms with Crippen molar-refractivity contribution < 1.29 is 0 Å². The lowest BCUT2D eigenvalue weighted by Gasteiger charge is -2.24. The van der Waals surface area contributed by atoms with Crippen LogP contribution in [0.1, 0.15) is 24.4 Å². The fraction of sp³-hybridized carbons (Fsp3) is 0.438. The molecule has 1 aromatic carbocycles. The molecule has 0 aliphatic heterocycles. The topological polar surface area (TPSA) is 71.2 Å².